The van der Waals surface area contributed by atoms with Crippen molar-refractivity contribution >= 4 is 38.5 Å². The van der Waals surface area contributed by atoms with E-state index in [0.717, 1.165) is 16.5 Å². The van der Waals surface area contributed by atoms with Gasteiger partial charge in [0.15, 0.2) is 0 Å². The van der Waals surface area contributed by atoms with Crippen LogP contribution in [-0.2, 0) is 30.8 Å². The first-order valence-corrected chi connectivity index (χ1v) is 13.2. The number of nitrogen functional groups attached to an aromatic ring is 1. The fourth-order valence-electron chi connectivity index (χ4n) is 3.68. The fraction of sp³-hybridized carbons (Fsp3) is 0.346. The molecule has 37 heavy (non-hydrogen) atoms. The number of anilines is 1. The van der Waals surface area contributed by atoms with Gasteiger partial charge in [0.25, 0.3) is 0 Å². The van der Waals surface area contributed by atoms with Gasteiger partial charge in [0.1, 0.15) is 22.3 Å². The van der Waals surface area contributed by atoms with Crippen molar-refractivity contribution in [3.05, 3.63) is 60.3 Å². The highest BCUT2D eigenvalue weighted by atomic mass is 32.2. The topological polar surface area (TPSA) is 150 Å². The highest BCUT2D eigenvalue weighted by Crippen LogP contribution is 2.27. The number of esters is 1. The maximum Gasteiger partial charge on any atom is 0.308 e. The number of ether oxygens (including phenoxy) is 2. The van der Waals surface area contributed by atoms with Gasteiger partial charge in [0.2, 0.25) is 15.9 Å². The van der Waals surface area contributed by atoms with Crippen LogP contribution < -0.4 is 20.5 Å². The number of carbonyl (C=O) groups is 2. The Bertz CT molecular complexity index is 1380. The molecule has 0 aliphatic carbocycles. The van der Waals surface area contributed by atoms with Gasteiger partial charge in [-0.3, -0.25) is 14.6 Å². The number of nitrogens with two attached hydrogens (primary N) is 1. The van der Waals surface area contributed by atoms with E-state index < -0.39 is 40.0 Å². The first-order chi connectivity index (χ1) is 17.4. The van der Waals surface area contributed by atoms with Crippen LogP contribution in [0.15, 0.2) is 59.6 Å². The number of nitrogens with zero attached hydrogens (tertiary/aromatic N) is 1. The van der Waals surface area contributed by atoms with Crippen LogP contribution in [0.1, 0.15) is 32.8 Å². The molecule has 1 heterocycles. The first kappa shape index (κ1) is 27.9. The molecule has 0 bridgehead atoms. The number of nitrogens with one attached hydrogen (secondary N) is 2. The summed E-state index contributed by atoms with van der Waals surface area (Å²) < 4.78 is 40.0. The molecule has 0 saturated heterocycles. The number of fused-ring (bicyclic) bond motifs is 1. The maximum atomic E-state index is 13.3. The van der Waals surface area contributed by atoms with Crippen molar-refractivity contribution in [2.75, 3.05) is 19.4 Å². The predicted octanol–water partition coefficient (Wildman–Crippen LogP) is 2.56. The molecule has 0 fully saturated rings. The number of rotatable bonds is 10. The van der Waals surface area contributed by atoms with E-state index in [0.29, 0.717) is 12.1 Å². The molecule has 3 rings (SSSR count). The minimum absolute atomic E-state index is 0.0267. The van der Waals surface area contributed by atoms with Gasteiger partial charge in [0, 0.05) is 36.8 Å². The van der Waals surface area contributed by atoms with Crippen molar-refractivity contribution in [1.82, 2.24) is 15.0 Å². The SMILES string of the molecule is CNC(=O)C(CC(=O)OC(C)(C)C)NS(=O)(=O)c1ccc(N)cc1OCCc1cccc2ncccc12. The molecule has 198 valence electrons. The number of likely N-dealkylation sites (N-methyl/N-ethyl adjacent to an activating group) is 1. The summed E-state index contributed by atoms with van der Waals surface area (Å²) in [7, 11) is -2.94. The lowest BCUT2D eigenvalue weighted by Crippen LogP contribution is -2.47. The lowest BCUT2D eigenvalue weighted by molar-refractivity contribution is -0.156. The second-order valence-corrected chi connectivity index (χ2v) is 11.1. The highest BCUT2D eigenvalue weighted by Gasteiger charge is 2.31. The largest absolute Gasteiger partial charge is 0.492 e. The first-order valence-electron chi connectivity index (χ1n) is 11.7. The second kappa shape index (κ2) is 11.6. The van der Waals surface area contributed by atoms with Gasteiger partial charge in [-0.1, -0.05) is 18.2 Å². The number of hydrogen-bond donors (Lipinski definition) is 3. The molecule has 1 unspecified atom stereocenters. The Morgan fingerprint density at radius 2 is 1.86 bits per heavy atom. The summed E-state index contributed by atoms with van der Waals surface area (Å²) in [6.45, 7) is 5.20. The lowest BCUT2D eigenvalue weighted by atomic mass is 10.1. The molecular weight excluding hydrogens is 496 g/mol. The molecule has 3 aromatic rings. The summed E-state index contributed by atoms with van der Waals surface area (Å²) in [6.07, 6.45) is 1.72. The van der Waals surface area contributed by atoms with E-state index in [2.05, 4.69) is 15.0 Å². The van der Waals surface area contributed by atoms with Crippen LogP contribution in [0.25, 0.3) is 10.9 Å². The highest BCUT2D eigenvalue weighted by molar-refractivity contribution is 7.89. The van der Waals surface area contributed by atoms with E-state index in [9.17, 15) is 18.0 Å². The molecule has 1 amide bonds. The van der Waals surface area contributed by atoms with Gasteiger partial charge >= 0.3 is 5.97 Å². The Balaban J connectivity index is 1.80. The van der Waals surface area contributed by atoms with Gasteiger partial charge in [-0.25, -0.2) is 8.42 Å². The standard InChI is InChI=1S/C26H32N4O6S/c1-26(2,3)36-24(31)16-21(25(32)28-4)30-37(33,34)23-11-10-18(27)15-22(23)35-14-12-17-7-5-9-20-19(17)8-6-13-29-20/h5-11,13,15,21,30H,12,14,16,27H2,1-4H3,(H,28,32). The summed E-state index contributed by atoms with van der Waals surface area (Å²) in [5.74, 6) is -1.38. The summed E-state index contributed by atoms with van der Waals surface area (Å²) in [5, 5.41) is 3.35. The van der Waals surface area contributed by atoms with Crippen molar-refractivity contribution in [3.63, 3.8) is 0 Å². The van der Waals surface area contributed by atoms with Gasteiger partial charge in [-0.2, -0.15) is 4.72 Å². The van der Waals surface area contributed by atoms with Crippen molar-refractivity contribution in [2.24, 2.45) is 0 Å². The van der Waals surface area contributed by atoms with E-state index in [1.807, 2.05) is 30.3 Å². The smallest absolute Gasteiger partial charge is 0.308 e. The van der Waals surface area contributed by atoms with Crippen LogP contribution in [0.3, 0.4) is 0 Å². The molecule has 10 nitrogen and oxygen atoms in total. The van der Waals surface area contributed by atoms with Crippen LogP contribution >= 0.6 is 0 Å². The van der Waals surface area contributed by atoms with E-state index in [-0.39, 0.29) is 17.3 Å². The monoisotopic (exact) mass is 528 g/mol. The van der Waals surface area contributed by atoms with E-state index >= 15 is 0 Å². The molecule has 2 aromatic carbocycles. The normalized spacial score (nSPS) is 12.6. The molecule has 1 atom stereocenters. The Morgan fingerprint density at radius 1 is 1.11 bits per heavy atom. The molecule has 1 aromatic heterocycles. The van der Waals surface area contributed by atoms with Gasteiger partial charge < -0.3 is 20.5 Å². The van der Waals surface area contributed by atoms with Crippen LogP contribution in [0.2, 0.25) is 0 Å². The fourth-order valence-corrected chi connectivity index (χ4v) is 5.00. The summed E-state index contributed by atoms with van der Waals surface area (Å²) in [5.41, 5.74) is 7.25. The number of hydrogen-bond acceptors (Lipinski definition) is 8. The van der Waals surface area contributed by atoms with Crippen LogP contribution in [0, 0.1) is 0 Å². The third-order valence-electron chi connectivity index (χ3n) is 5.27. The van der Waals surface area contributed by atoms with Crippen molar-refractivity contribution in [3.8, 4) is 5.75 Å². The van der Waals surface area contributed by atoms with E-state index in [4.69, 9.17) is 15.2 Å². The number of aromatic nitrogens is 1. The lowest BCUT2D eigenvalue weighted by Gasteiger charge is -2.22. The van der Waals surface area contributed by atoms with Crippen molar-refractivity contribution < 1.29 is 27.5 Å². The molecule has 0 spiro atoms. The Morgan fingerprint density at radius 3 is 2.57 bits per heavy atom. The zero-order valence-electron chi connectivity index (χ0n) is 21.3. The Hall–Kier alpha value is -3.70. The number of amides is 1. The third-order valence-corrected chi connectivity index (χ3v) is 6.78. The molecule has 0 saturated carbocycles. The summed E-state index contributed by atoms with van der Waals surface area (Å²) >= 11 is 0. The van der Waals surface area contributed by atoms with Gasteiger partial charge in [-0.05, 0) is 50.6 Å². The molecule has 11 heteroatoms. The predicted molar refractivity (Wildman–Crippen MR) is 140 cm³/mol. The average molecular weight is 529 g/mol. The zero-order valence-corrected chi connectivity index (χ0v) is 22.1. The molecule has 0 radical (unpaired) electrons. The minimum Gasteiger partial charge on any atom is -0.492 e. The quantitative estimate of drug-likeness (QED) is 0.268. The van der Waals surface area contributed by atoms with Crippen LogP contribution in [0.4, 0.5) is 5.69 Å². The Labute approximate surface area is 216 Å². The minimum atomic E-state index is -4.29. The number of carbonyl (C=O) groups excluding carboxylic acids is 2. The molecule has 4 N–H and O–H groups in total. The number of sulfonamides is 1. The Kier molecular flexibility index (Phi) is 8.72. The summed E-state index contributed by atoms with van der Waals surface area (Å²) in [4.78, 5) is 28.8. The second-order valence-electron chi connectivity index (χ2n) is 9.37. The number of benzene rings is 2. The van der Waals surface area contributed by atoms with E-state index in [1.165, 1.54) is 25.2 Å². The maximum absolute atomic E-state index is 13.3. The molecule has 0 aliphatic heterocycles. The van der Waals surface area contributed by atoms with E-state index in [1.54, 1.807) is 27.0 Å². The molecule has 0 aliphatic rings. The van der Waals surface area contributed by atoms with Crippen LogP contribution in [-0.4, -0.2) is 50.6 Å². The third kappa shape index (κ3) is 7.64. The average Bonchev–Trinajstić information content (AvgIpc) is 2.82. The van der Waals surface area contributed by atoms with Crippen molar-refractivity contribution in [2.45, 2.75) is 50.2 Å². The zero-order chi connectivity index (χ0) is 27.2. The van der Waals surface area contributed by atoms with Gasteiger partial charge in [0.05, 0.1) is 18.5 Å². The molecular formula is C26H32N4O6S. The van der Waals surface area contributed by atoms with Crippen molar-refractivity contribution in [1.29, 1.82) is 0 Å². The number of pyridine rings is 1. The van der Waals surface area contributed by atoms with Gasteiger partial charge in [-0.15, -0.1) is 0 Å². The summed E-state index contributed by atoms with van der Waals surface area (Å²) in [6, 6.07) is 12.3. The van der Waals surface area contributed by atoms with Crippen LogP contribution in [0.5, 0.6) is 5.75 Å².